The first-order valence-electron chi connectivity index (χ1n) is 8.48. The summed E-state index contributed by atoms with van der Waals surface area (Å²) in [6.45, 7) is 0. The fourth-order valence-corrected chi connectivity index (χ4v) is 4.16. The van der Waals surface area contributed by atoms with Crippen LogP contribution < -0.4 is 11.0 Å². The van der Waals surface area contributed by atoms with Gasteiger partial charge in [0.1, 0.15) is 17.5 Å². The minimum absolute atomic E-state index is 0.0921. The molecule has 0 amide bonds. The Balaban J connectivity index is 1.99. The third-order valence-electron chi connectivity index (χ3n) is 4.38. The first-order chi connectivity index (χ1) is 14.0. The van der Waals surface area contributed by atoms with E-state index in [-0.39, 0.29) is 15.6 Å². The molecule has 4 rings (SSSR count). The molecule has 0 fully saturated rings. The third-order valence-corrected chi connectivity index (χ3v) is 6.40. The molecular formula is C18H16N6O4S2. The second kappa shape index (κ2) is 6.86. The molecule has 0 saturated carbocycles. The molecule has 2 aromatic heterocycles. The van der Waals surface area contributed by atoms with E-state index in [1.165, 1.54) is 41.3 Å². The van der Waals surface area contributed by atoms with Crippen molar-refractivity contribution in [2.45, 2.75) is 9.79 Å². The Hall–Kier alpha value is -3.35. The van der Waals surface area contributed by atoms with E-state index in [2.05, 4.69) is 15.0 Å². The van der Waals surface area contributed by atoms with Crippen molar-refractivity contribution in [2.24, 2.45) is 5.14 Å². The van der Waals surface area contributed by atoms with Crippen LogP contribution in [0.1, 0.15) is 0 Å². The number of nitrogens with two attached hydrogens (primary N) is 2. The monoisotopic (exact) mass is 444 g/mol. The lowest BCUT2D eigenvalue weighted by Gasteiger charge is -2.09. The van der Waals surface area contributed by atoms with Crippen molar-refractivity contribution < 1.29 is 16.8 Å². The quantitative estimate of drug-likeness (QED) is 0.439. The Labute approximate surface area is 172 Å². The summed E-state index contributed by atoms with van der Waals surface area (Å²) in [6, 6.07) is 12.1. The molecule has 10 nitrogen and oxygen atoms in total. The molecule has 154 valence electrons. The van der Waals surface area contributed by atoms with Gasteiger partial charge in [0, 0.05) is 17.4 Å². The number of benzene rings is 2. The van der Waals surface area contributed by atoms with Crippen LogP contribution in [0.2, 0.25) is 0 Å². The SMILES string of the molecule is CS(=O)(=O)c1cccc(-c2nc(-c3cccc(S(N)(=O)=O)c3)nc3c2ncn3N)c1. The number of sulfonamides is 1. The van der Waals surface area contributed by atoms with Gasteiger partial charge >= 0.3 is 0 Å². The van der Waals surface area contributed by atoms with Gasteiger partial charge in [-0.15, -0.1) is 0 Å². The molecule has 0 atom stereocenters. The zero-order valence-electron chi connectivity index (χ0n) is 15.6. The lowest BCUT2D eigenvalue weighted by molar-refractivity contribution is 0.597. The lowest BCUT2D eigenvalue weighted by atomic mass is 10.1. The summed E-state index contributed by atoms with van der Waals surface area (Å²) in [7, 11) is -7.36. The number of imidazole rings is 1. The van der Waals surface area contributed by atoms with E-state index >= 15 is 0 Å². The number of aromatic nitrogens is 4. The molecule has 0 bridgehead atoms. The maximum Gasteiger partial charge on any atom is 0.238 e. The van der Waals surface area contributed by atoms with Gasteiger partial charge in [0.05, 0.1) is 9.79 Å². The number of hydrogen-bond acceptors (Lipinski definition) is 8. The zero-order valence-corrected chi connectivity index (χ0v) is 17.2. The molecule has 4 aromatic rings. The van der Waals surface area contributed by atoms with E-state index in [4.69, 9.17) is 11.0 Å². The second-order valence-electron chi connectivity index (χ2n) is 6.59. The van der Waals surface area contributed by atoms with E-state index < -0.39 is 19.9 Å². The van der Waals surface area contributed by atoms with Crippen LogP contribution in [0.3, 0.4) is 0 Å². The fourth-order valence-electron chi connectivity index (χ4n) is 2.93. The molecule has 4 N–H and O–H groups in total. The highest BCUT2D eigenvalue weighted by Gasteiger charge is 2.18. The number of sulfone groups is 1. The van der Waals surface area contributed by atoms with E-state index in [0.29, 0.717) is 28.0 Å². The summed E-state index contributed by atoms with van der Waals surface area (Å²) in [6.07, 6.45) is 2.47. The number of primary sulfonamides is 1. The number of hydrogen-bond donors (Lipinski definition) is 2. The van der Waals surface area contributed by atoms with E-state index in [9.17, 15) is 16.8 Å². The first kappa shape index (κ1) is 19.9. The standard InChI is InChI=1S/C18H16N6O4S2/c1-29(25,26)13-6-2-4-11(8-13)15-16-18(24(19)10-21-16)23-17(22-15)12-5-3-7-14(9-12)30(20,27)28/h2-10H,19H2,1H3,(H2,20,27,28). The largest absolute Gasteiger partial charge is 0.336 e. The van der Waals surface area contributed by atoms with E-state index in [0.717, 1.165) is 6.26 Å². The van der Waals surface area contributed by atoms with Crippen LogP contribution >= 0.6 is 0 Å². The lowest BCUT2D eigenvalue weighted by Crippen LogP contribution is -2.12. The molecule has 12 heteroatoms. The third kappa shape index (κ3) is 3.63. The normalized spacial score (nSPS) is 12.3. The smallest absolute Gasteiger partial charge is 0.238 e. The average Bonchev–Trinajstić information content (AvgIpc) is 3.07. The fraction of sp³-hybridized carbons (Fsp3) is 0.0556. The van der Waals surface area contributed by atoms with Gasteiger partial charge in [-0.05, 0) is 24.3 Å². The van der Waals surface area contributed by atoms with Crippen LogP contribution in [-0.4, -0.2) is 42.7 Å². The van der Waals surface area contributed by atoms with E-state index in [1.54, 1.807) is 18.2 Å². The number of rotatable bonds is 4. The molecule has 0 aliphatic carbocycles. The molecular weight excluding hydrogens is 428 g/mol. The summed E-state index contributed by atoms with van der Waals surface area (Å²) in [4.78, 5) is 13.2. The molecule has 30 heavy (non-hydrogen) atoms. The Kier molecular flexibility index (Phi) is 4.56. The van der Waals surface area contributed by atoms with Gasteiger partial charge < -0.3 is 5.84 Å². The Morgan fingerprint density at radius 3 is 2.20 bits per heavy atom. The van der Waals surface area contributed by atoms with Crippen LogP contribution in [0.15, 0.2) is 64.6 Å². The van der Waals surface area contributed by atoms with Gasteiger partial charge in [0.25, 0.3) is 0 Å². The maximum absolute atomic E-state index is 12.0. The van der Waals surface area contributed by atoms with Crippen molar-refractivity contribution in [1.82, 2.24) is 19.6 Å². The molecule has 0 aliphatic rings. The average molecular weight is 444 g/mol. The van der Waals surface area contributed by atoms with Crippen LogP contribution in [0.5, 0.6) is 0 Å². The number of nitrogens with zero attached hydrogens (tertiary/aromatic N) is 4. The summed E-state index contributed by atoms with van der Waals surface area (Å²) in [5.74, 6) is 6.10. The van der Waals surface area contributed by atoms with Gasteiger partial charge in [-0.1, -0.05) is 24.3 Å². The molecule has 0 saturated heterocycles. The van der Waals surface area contributed by atoms with Crippen molar-refractivity contribution in [3.8, 4) is 22.6 Å². The Morgan fingerprint density at radius 1 is 0.900 bits per heavy atom. The molecule has 0 spiro atoms. The van der Waals surface area contributed by atoms with Crippen molar-refractivity contribution in [3.05, 3.63) is 54.9 Å². The van der Waals surface area contributed by atoms with Crippen LogP contribution in [0.4, 0.5) is 0 Å². The first-order valence-corrected chi connectivity index (χ1v) is 11.9. The maximum atomic E-state index is 12.0. The zero-order chi connectivity index (χ0) is 21.7. The van der Waals surface area contributed by atoms with Gasteiger partial charge in [0.2, 0.25) is 10.0 Å². The summed E-state index contributed by atoms with van der Waals surface area (Å²) < 4.78 is 48.5. The minimum Gasteiger partial charge on any atom is -0.336 e. The van der Waals surface area contributed by atoms with Gasteiger partial charge in [0.15, 0.2) is 21.3 Å². The van der Waals surface area contributed by atoms with Gasteiger partial charge in [-0.25, -0.2) is 41.6 Å². The highest BCUT2D eigenvalue weighted by atomic mass is 32.2. The molecule has 0 radical (unpaired) electrons. The van der Waals surface area contributed by atoms with Crippen molar-refractivity contribution in [2.75, 3.05) is 12.1 Å². The van der Waals surface area contributed by atoms with Crippen molar-refractivity contribution in [1.29, 1.82) is 0 Å². The predicted octanol–water partition coefficient (Wildman–Crippen LogP) is 0.925. The summed E-state index contributed by atoms with van der Waals surface area (Å²) in [5, 5.41) is 5.22. The van der Waals surface area contributed by atoms with Crippen LogP contribution in [-0.2, 0) is 19.9 Å². The van der Waals surface area contributed by atoms with Gasteiger partial charge in [-0.2, -0.15) is 0 Å². The minimum atomic E-state index is -3.92. The molecule has 2 aromatic carbocycles. The van der Waals surface area contributed by atoms with E-state index in [1.807, 2.05) is 0 Å². The van der Waals surface area contributed by atoms with Gasteiger partial charge in [-0.3, -0.25) is 0 Å². The van der Waals surface area contributed by atoms with Crippen LogP contribution in [0, 0.1) is 0 Å². The summed E-state index contributed by atoms with van der Waals surface area (Å²) >= 11 is 0. The topological polar surface area (TPSA) is 164 Å². The predicted molar refractivity (Wildman–Crippen MR) is 111 cm³/mol. The van der Waals surface area contributed by atoms with Crippen LogP contribution in [0.25, 0.3) is 33.8 Å². The second-order valence-corrected chi connectivity index (χ2v) is 10.2. The van der Waals surface area contributed by atoms with Crippen molar-refractivity contribution >= 4 is 31.0 Å². The Bertz CT molecular complexity index is 1510. The number of nitrogen functional groups attached to an aromatic ring is 1. The van der Waals surface area contributed by atoms with Crippen molar-refractivity contribution in [3.63, 3.8) is 0 Å². The number of fused-ring (bicyclic) bond motifs is 1. The highest BCUT2D eigenvalue weighted by Crippen LogP contribution is 2.29. The molecule has 0 aliphatic heterocycles. The Morgan fingerprint density at radius 2 is 1.53 bits per heavy atom. The summed E-state index contributed by atoms with van der Waals surface area (Å²) in [5.41, 5.74) is 1.90. The highest BCUT2D eigenvalue weighted by molar-refractivity contribution is 7.90. The molecule has 0 unspecified atom stereocenters. The molecule has 2 heterocycles.